The molecule has 1 aromatic carbocycles. The summed E-state index contributed by atoms with van der Waals surface area (Å²) >= 11 is 0. The van der Waals surface area contributed by atoms with Crippen molar-refractivity contribution in [1.29, 1.82) is 0 Å². The largest absolute Gasteiger partial charge is 0.483 e. The van der Waals surface area contributed by atoms with Crippen molar-refractivity contribution in [2.45, 2.75) is 33.0 Å². The van der Waals surface area contributed by atoms with Crippen LogP contribution in [0.1, 0.15) is 37.2 Å². The van der Waals surface area contributed by atoms with Crippen LogP contribution in [0.2, 0.25) is 0 Å². The summed E-state index contributed by atoms with van der Waals surface area (Å²) in [6.07, 6.45) is -0.242. The fraction of sp³-hybridized carbons (Fsp3) is 0.385. The highest BCUT2D eigenvalue weighted by atomic mass is 16.6. The lowest BCUT2D eigenvalue weighted by molar-refractivity contribution is -0.385. The van der Waals surface area contributed by atoms with Crippen LogP contribution in [0.5, 0.6) is 5.75 Å². The molecule has 0 aliphatic rings. The maximum Gasteiger partial charge on any atom is 0.270 e. The molecule has 21 heavy (non-hydrogen) atoms. The quantitative estimate of drug-likeness (QED) is 0.641. The summed E-state index contributed by atoms with van der Waals surface area (Å²) in [6.45, 7) is 3.44. The van der Waals surface area contributed by atoms with Crippen LogP contribution in [0.3, 0.4) is 0 Å². The van der Waals surface area contributed by atoms with E-state index in [1.54, 1.807) is 0 Å². The van der Waals surface area contributed by atoms with Gasteiger partial charge in [0.2, 0.25) is 0 Å². The molecular formula is C13H15N3O5. The lowest BCUT2D eigenvalue weighted by Gasteiger charge is -2.11. The Morgan fingerprint density at radius 2 is 2.29 bits per heavy atom. The fourth-order valence-electron chi connectivity index (χ4n) is 1.74. The van der Waals surface area contributed by atoms with Crippen LogP contribution in [-0.4, -0.2) is 20.2 Å². The topological polar surface area (TPSA) is 112 Å². The third kappa shape index (κ3) is 3.54. The molecule has 112 valence electrons. The van der Waals surface area contributed by atoms with Gasteiger partial charge in [-0.2, -0.15) is 4.98 Å². The van der Waals surface area contributed by atoms with Crippen LogP contribution in [0.15, 0.2) is 22.7 Å². The van der Waals surface area contributed by atoms with Crippen molar-refractivity contribution in [3.63, 3.8) is 0 Å². The number of aryl methyl sites for hydroxylation is 1. The molecule has 0 bridgehead atoms. The van der Waals surface area contributed by atoms with Crippen molar-refractivity contribution in [1.82, 2.24) is 10.1 Å². The van der Waals surface area contributed by atoms with E-state index >= 15 is 0 Å². The molecule has 0 radical (unpaired) electrons. The number of nitrogens with zero attached hydrogens (tertiary/aromatic N) is 3. The Labute approximate surface area is 120 Å². The van der Waals surface area contributed by atoms with Crippen LogP contribution in [-0.2, 0) is 13.0 Å². The first-order valence-electron chi connectivity index (χ1n) is 6.42. The molecular weight excluding hydrogens is 278 g/mol. The van der Waals surface area contributed by atoms with Gasteiger partial charge in [0.15, 0.2) is 12.4 Å². The molecule has 1 atom stereocenters. The first kappa shape index (κ1) is 14.9. The maximum atomic E-state index is 10.8. The summed E-state index contributed by atoms with van der Waals surface area (Å²) in [5.74, 6) is 1.22. The average molecular weight is 293 g/mol. The molecule has 0 saturated heterocycles. The van der Waals surface area contributed by atoms with E-state index in [1.807, 2.05) is 6.92 Å². The Hall–Kier alpha value is -2.48. The molecule has 1 aromatic heterocycles. The number of aliphatic hydroxyl groups excluding tert-OH is 1. The molecule has 0 aliphatic heterocycles. The van der Waals surface area contributed by atoms with Gasteiger partial charge in [0.1, 0.15) is 5.75 Å². The molecule has 2 aromatic rings. The number of nitro benzene ring substituents is 1. The minimum absolute atomic E-state index is 0.0323. The van der Waals surface area contributed by atoms with Gasteiger partial charge in [-0.1, -0.05) is 12.1 Å². The zero-order chi connectivity index (χ0) is 15.4. The third-order valence-electron chi connectivity index (χ3n) is 2.83. The monoisotopic (exact) mass is 293 g/mol. The van der Waals surface area contributed by atoms with Gasteiger partial charge < -0.3 is 14.4 Å². The summed E-state index contributed by atoms with van der Waals surface area (Å²) in [6, 6.07) is 4.04. The van der Waals surface area contributed by atoms with Gasteiger partial charge in [-0.25, -0.2) is 0 Å². The number of aromatic nitrogens is 2. The summed E-state index contributed by atoms with van der Waals surface area (Å²) in [4.78, 5) is 14.3. The van der Waals surface area contributed by atoms with Crippen molar-refractivity contribution in [2.24, 2.45) is 0 Å². The molecule has 0 spiro atoms. The average Bonchev–Trinajstić information content (AvgIpc) is 2.92. The zero-order valence-corrected chi connectivity index (χ0v) is 11.6. The van der Waals surface area contributed by atoms with E-state index in [9.17, 15) is 15.2 Å². The van der Waals surface area contributed by atoms with E-state index < -0.39 is 11.0 Å². The second-order valence-corrected chi connectivity index (χ2v) is 4.40. The van der Waals surface area contributed by atoms with Gasteiger partial charge in [-0.05, 0) is 13.0 Å². The smallest absolute Gasteiger partial charge is 0.270 e. The molecule has 0 unspecified atom stereocenters. The van der Waals surface area contributed by atoms with Gasteiger partial charge >= 0.3 is 0 Å². The fourth-order valence-corrected chi connectivity index (χ4v) is 1.74. The Morgan fingerprint density at radius 3 is 2.86 bits per heavy atom. The second kappa shape index (κ2) is 6.31. The molecule has 8 heteroatoms. The highest BCUT2D eigenvalue weighted by Crippen LogP contribution is 2.29. The van der Waals surface area contributed by atoms with Crippen molar-refractivity contribution >= 4 is 5.69 Å². The number of non-ortho nitro benzene ring substituents is 1. The minimum atomic E-state index is -0.895. The van der Waals surface area contributed by atoms with Gasteiger partial charge in [0, 0.05) is 24.1 Å². The minimum Gasteiger partial charge on any atom is -0.483 e. The number of nitro groups is 1. The second-order valence-electron chi connectivity index (χ2n) is 4.40. The first-order chi connectivity index (χ1) is 10.0. The van der Waals surface area contributed by atoms with Crippen molar-refractivity contribution < 1.29 is 19.3 Å². The summed E-state index contributed by atoms with van der Waals surface area (Å²) in [5, 5.41) is 24.2. The van der Waals surface area contributed by atoms with E-state index in [0.29, 0.717) is 29.4 Å². The summed E-state index contributed by atoms with van der Waals surface area (Å²) in [7, 11) is 0. The molecule has 0 amide bonds. The molecule has 8 nitrogen and oxygen atoms in total. The van der Waals surface area contributed by atoms with E-state index in [1.165, 1.54) is 25.1 Å². The molecule has 0 fully saturated rings. The van der Waals surface area contributed by atoms with Gasteiger partial charge in [-0.15, -0.1) is 0 Å². The van der Waals surface area contributed by atoms with Gasteiger partial charge in [-0.3, -0.25) is 10.1 Å². The van der Waals surface area contributed by atoms with E-state index in [-0.39, 0.29) is 12.3 Å². The molecule has 2 rings (SSSR count). The zero-order valence-electron chi connectivity index (χ0n) is 11.6. The van der Waals surface area contributed by atoms with Crippen LogP contribution in [0.25, 0.3) is 0 Å². The predicted octanol–water partition coefficient (Wildman–Crippen LogP) is 2.17. The predicted molar refractivity (Wildman–Crippen MR) is 71.7 cm³/mol. The van der Waals surface area contributed by atoms with Crippen LogP contribution in [0.4, 0.5) is 5.69 Å². The number of hydrogen-bond acceptors (Lipinski definition) is 7. The molecule has 1 N–H and O–H groups in total. The number of hydrogen-bond donors (Lipinski definition) is 1. The van der Waals surface area contributed by atoms with Crippen LogP contribution in [0, 0.1) is 10.1 Å². The van der Waals surface area contributed by atoms with Crippen molar-refractivity contribution in [3.05, 3.63) is 45.6 Å². The third-order valence-corrected chi connectivity index (χ3v) is 2.83. The van der Waals surface area contributed by atoms with Crippen molar-refractivity contribution in [3.8, 4) is 5.75 Å². The Kier molecular flexibility index (Phi) is 4.49. The highest BCUT2D eigenvalue weighted by Gasteiger charge is 2.16. The van der Waals surface area contributed by atoms with E-state index in [2.05, 4.69) is 10.1 Å². The maximum absolute atomic E-state index is 10.8. The van der Waals surface area contributed by atoms with E-state index in [4.69, 9.17) is 9.26 Å². The lowest BCUT2D eigenvalue weighted by Crippen LogP contribution is -2.02. The van der Waals surface area contributed by atoms with Crippen LogP contribution < -0.4 is 4.74 Å². The first-order valence-corrected chi connectivity index (χ1v) is 6.42. The lowest BCUT2D eigenvalue weighted by atomic mass is 10.1. The van der Waals surface area contributed by atoms with Gasteiger partial charge in [0.25, 0.3) is 11.6 Å². The number of aliphatic hydroxyl groups is 1. The molecule has 1 heterocycles. The SMILES string of the molecule is CCc1noc(COc2ccc([N+](=O)[O-])cc2[C@@H](C)O)n1. The summed E-state index contributed by atoms with van der Waals surface area (Å²) in [5.41, 5.74) is 0.226. The summed E-state index contributed by atoms with van der Waals surface area (Å²) < 4.78 is 10.5. The van der Waals surface area contributed by atoms with Crippen molar-refractivity contribution in [2.75, 3.05) is 0 Å². The highest BCUT2D eigenvalue weighted by molar-refractivity contribution is 5.44. The number of ether oxygens (including phenoxy) is 1. The normalized spacial score (nSPS) is 12.1. The Balaban J connectivity index is 2.17. The van der Waals surface area contributed by atoms with Crippen LogP contribution >= 0.6 is 0 Å². The number of benzene rings is 1. The number of rotatable bonds is 6. The Morgan fingerprint density at radius 1 is 1.52 bits per heavy atom. The molecule has 0 saturated carbocycles. The van der Waals surface area contributed by atoms with Gasteiger partial charge in [0.05, 0.1) is 11.0 Å². The van der Waals surface area contributed by atoms with E-state index in [0.717, 1.165) is 0 Å². The molecule has 0 aliphatic carbocycles. The Bertz CT molecular complexity index is 638. The standard InChI is InChI=1S/C13H15N3O5/c1-3-12-14-13(21-15-12)7-20-11-5-4-9(16(18)19)6-10(11)8(2)17/h4-6,8,17H,3,7H2,1-2H3/t8-/m1/s1.